The predicted molar refractivity (Wildman–Crippen MR) is 77.3 cm³/mol. The van der Waals surface area contributed by atoms with E-state index >= 15 is 0 Å². The minimum absolute atomic E-state index is 0.0283. The van der Waals surface area contributed by atoms with Crippen LogP contribution in [-0.4, -0.2) is 23.7 Å². The number of rotatable bonds is 4. The molecule has 1 unspecified atom stereocenters. The minimum atomic E-state index is -1.13. The SMILES string of the molecule is CC1(C)CC1CNC(=O)Nc1ccc(Cl)cc1C(=O)O. The van der Waals surface area contributed by atoms with E-state index in [4.69, 9.17) is 16.7 Å². The van der Waals surface area contributed by atoms with Crippen LogP contribution in [0.4, 0.5) is 10.5 Å². The molecule has 0 spiro atoms. The number of halogens is 1. The summed E-state index contributed by atoms with van der Waals surface area (Å²) in [5.41, 5.74) is 0.494. The number of benzene rings is 1. The standard InChI is InChI=1S/C14H17ClN2O3/c1-14(2)6-8(14)7-16-13(20)17-11-4-3-9(15)5-10(11)12(18)19/h3-5,8H,6-7H2,1-2H3,(H,18,19)(H2,16,17,20). The van der Waals surface area contributed by atoms with Gasteiger partial charge in [0.2, 0.25) is 0 Å². The Morgan fingerprint density at radius 3 is 2.65 bits per heavy atom. The van der Waals surface area contributed by atoms with Crippen LogP contribution >= 0.6 is 11.6 Å². The van der Waals surface area contributed by atoms with Gasteiger partial charge in [-0.15, -0.1) is 0 Å². The van der Waals surface area contributed by atoms with Crippen LogP contribution in [0.25, 0.3) is 0 Å². The molecular formula is C14H17ClN2O3. The first-order valence-electron chi connectivity index (χ1n) is 6.37. The van der Waals surface area contributed by atoms with Crippen molar-refractivity contribution in [2.45, 2.75) is 20.3 Å². The second-order valence-electron chi connectivity index (χ2n) is 5.72. The van der Waals surface area contributed by atoms with Gasteiger partial charge in [-0.1, -0.05) is 25.4 Å². The lowest BCUT2D eigenvalue weighted by Crippen LogP contribution is -2.31. The molecule has 3 N–H and O–H groups in total. The van der Waals surface area contributed by atoms with Crippen molar-refractivity contribution in [1.29, 1.82) is 0 Å². The second-order valence-corrected chi connectivity index (χ2v) is 6.16. The lowest BCUT2D eigenvalue weighted by Gasteiger charge is -2.10. The Balaban J connectivity index is 1.96. The molecule has 2 amide bonds. The number of carbonyl (C=O) groups is 2. The van der Waals surface area contributed by atoms with E-state index in [0.717, 1.165) is 6.42 Å². The van der Waals surface area contributed by atoms with Crippen molar-refractivity contribution in [3.63, 3.8) is 0 Å². The van der Waals surface area contributed by atoms with Crippen LogP contribution in [0.15, 0.2) is 18.2 Å². The molecule has 0 bridgehead atoms. The molecule has 0 saturated heterocycles. The molecule has 1 saturated carbocycles. The first-order valence-corrected chi connectivity index (χ1v) is 6.75. The molecular weight excluding hydrogens is 280 g/mol. The van der Waals surface area contributed by atoms with Crippen molar-refractivity contribution < 1.29 is 14.7 Å². The van der Waals surface area contributed by atoms with Crippen molar-refractivity contribution in [3.8, 4) is 0 Å². The van der Waals surface area contributed by atoms with Gasteiger partial charge in [-0.25, -0.2) is 9.59 Å². The molecule has 20 heavy (non-hydrogen) atoms. The van der Waals surface area contributed by atoms with Gasteiger partial charge in [0.15, 0.2) is 0 Å². The topological polar surface area (TPSA) is 78.4 Å². The van der Waals surface area contributed by atoms with Gasteiger partial charge in [-0.3, -0.25) is 0 Å². The van der Waals surface area contributed by atoms with E-state index < -0.39 is 12.0 Å². The highest BCUT2D eigenvalue weighted by molar-refractivity contribution is 6.31. The summed E-state index contributed by atoms with van der Waals surface area (Å²) in [4.78, 5) is 22.9. The number of hydrogen-bond donors (Lipinski definition) is 3. The molecule has 0 aromatic heterocycles. The Hall–Kier alpha value is -1.75. The van der Waals surface area contributed by atoms with Crippen molar-refractivity contribution in [2.75, 3.05) is 11.9 Å². The molecule has 1 aromatic rings. The molecule has 1 aliphatic carbocycles. The predicted octanol–water partition coefficient (Wildman–Crippen LogP) is 3.21. The maximum Gasteiger partial charge on any atom is 0.337 e. The Morgan fingerprint density at radius 1 is 1.45 bits per heavy atom. The van der Waals surface area contributed by atoms with E-state index in [-0.39, 0.29) is 11.3 Å². The zero-order valence-corrected chi connectivity index (χ0v) is 12.1. The van der Waals surface area contributed by atoms with Crippen LogP contribution in [0.5, 0.6) is 0 Å². The molecule has 1 aromatic carbocycles. The van der Waals surface area contributed by atoms with Gasteiger partial charge >= 0.3 is 12.0 Å². The van der Waals surface area contributed by atoms with Crippen molar-refractivity contribution in [1.82, 2.24) is 5.32 Å². The van der Waals surface area contributed by atoms with Gasteiger partial charge in [0.05, 0.1) is 11.3 Å². The Kier molecular flexibility index (Phi) is 3.90. The maximum absolute atomic E-state index is 11.8. The summed E-state index contributed by atoms with van der Waals surface area (Å²) in [5.74, 6) is -0.650. The number of nitrogens with one attached hydrogen (secondary N) is 2. The van der Waals surface area contributed by atoms with Crippen molar-refractivity contribution in [2.24, 2.45) is 11.3 Å². The largest absolute Gasteiger partial charge is 0.478 e. The number of amides is 2. The quantitative estimate of drug-likeness (QED) is 0.798. The van der Waals surface area contributed by atoms with E-state index in [9.17, 15) is 9.59 Å². The van der Waals surface area contributed by atoms with Gasteiger partial charge in [-0.2, -0.15) is 0 Å². The van der Waals surface area contributed by atoms with E-state index in [1.54, 1.807) is 0 Å². The van der Waals surface area contributed by atoms with E-state index in [2.05, 4.69) is 24.5 Å². The van der Waals surface area contributed by atoms with Crippen molar-refractivity contribution in [3.05, 3.63) is 28.8 Å². The monoisotopic (exact) mass is 296 g/mol. The van der Waals surface area contributed by atoms with Crippen LogP contribution < -0.4 is 10.6 Å². The molecule has 6 heteroatoms. The highest BCUT2D eigenvalue weighted by Gasteiger charge is 2.45. The fourth-order valence-corrected chi connectivity index (χ4v) is 2.28. The summed E-state index contributed by atoms with van der Waals surface area (Å²) >= 11 is 5.75. The molecule has 1 aliphatic rings. The molecule has 5 nitrogen and oxygen atoms in total. The van der Waals surface area contributed by atoms with E-state index in [0.29, 0.717) is 22.9 Å². The summed E-state index contributed by atoms with van der Waals surface area (Å²) in [6.45, 7) is 4.90. The van der Waals surface area contributed by atoms with Gasteiger partial charge < -0.3 is 15.7 Å². The zero-order valence-electron chi connectivity index (χ0n) is 11.4. The Bertz CT molecular complexity index is 557. The molecule has 1 fully saturated rings. The first-order chi connectivity index (χ1) is 9.29. The number of aromatic carboxylic acids is 1. The molecule has 108 valence electrons. The molecule has 2 rings (SSSR count). The highest BCUT2D eigenvalue weighted by Crippen LogP contribution is 2.50. The van der Waals surface area contributed by atoms with Crippen LogP contribution in [0.1, 0.15) is 30.6 Å². The van der Waals surface area contributed by atoms with Crippen LogP contribution in [-0.2, 0) is 0 Å². The lowest BCUT2D eigenvalue weighted by atomic mass is 10.1. The number of urea groups is 1. The average molecular weight is 297 g/mol. The second kappa shape index (κ2) is 5.32. The van der Waals surface area contributed by atoms with Gasteiger partial charge in [0.1, 0.15) is 0 Å². The summed E-state index contributed by atoms with van der Waals surface area (Å²) in [6, 6.07) is 3.92. The molecule has 0 aliphatic heterocycles. The molecule has 1 atom stereocenters. The highest BCUT2D eigenvalue weighted by atomic mass is 35.5. The molecule has 0 radical (unpaired) electrons. The fourth-order valence-electron chi connectivity index (χ4n) is 2.11. The zero-order chi connectivity index (χ0) is 14.9. The fraction of sp³-hybridized carbons (Fsp3) is 0.429. The first kappa shape index (κ1) is 14.7. The lowest BCUT2D eigenvalue weighted by molar-refractivity contribution is 0.0698. The minimum Gasteiger partial charge on any atom is -0.478 e. The summed E-state index contributed by atoms with van der Waals surface area (Å²) in [7, 11) is 0. The van der Waals surface area contributed by atoms with E-state index in [1.165, 1.54) is 18.2 Å². The van der Waals surface area contributed by atoms with Crippen LogP contribution in [0.2, 0.25) is 5.02 Å². The van der Waals surface area contributed by atoms with Gasteiger partial charge in [0, 0.05) is 11.6 Å². The number of anilines is 1. The third-order valence-corrected chi connectivity index (χ3v) is 3.92. The Morgan fingerprint density at radius 2 is 2.10 bits per heavy atom. The normalized spacial score (nSPS) is 19.2. The average Bonchev–Trinajstić information content (AvgIpc) is 2.96. The van der Waals surface area contributed by atoms with Gasteiger partial charge in [-0.05, 0) is 36.0 Å². The number of hydrogen-bond acceptors (Lipinski definition) is 2. The van der Waals surface area contributed by atoms with Crippen LogP contribution in [0.3, 0.4) is 0 Å². The van der Waals surface area contributed by atoms with Gasteiger partial charge in [0.25, 0.3) is 0 Å². The maximum atomic E-state index is 11.8. The number of carboxylic acids is 1. The Labute approximate surface area is 122 Å². The third kappa shape index (κ3) is 3.42. The van der Waals surface area contributed by atoms with E-state index in [1.807, 2.05) is 0 Å². The van der Waals surface area contributed by atoms with Crippen molar-refractivity contribution >= 4 is 29.3 Å². The molecule has 0 heterocycles. The number of carboxylic acid groups (broad SMARTS) is 1. The van der Waals surface area contributed by atoms with Crippen LogP contribution in [0, 0.1) is 11.3 Å². The summed E-state index contributed by atoms with van der Waals surface area (Å²) in [5, 5.41) is 14.7. The third-order valence-electron chi connectivity index (χ3n) is 3.69. The summed E-state index contributed by atoms with van der Waals surface area (Å²) in [6.07, 6.45) is 1.09. The summed E-state index contributed by atoms with van der Waals surface area (Å²) < 4.78 is 0. The number of carbonyl (C=O) groups excluding carboxylic acids is 1. The smallest absolute Gasteiger partial charge is 0.337 e.